The fraction of sp³-hybridized carbons (Fsp3) is 0.818. The van der Waals surface area contributed by atoms with Crippen molar-refractivity contribution < 1.29 is 14.7 Å². The summed E-state index contributed by atoms with van der Waals surface area (Å²) in [5.74, 6) is -1.15. The molecule has 0 saturated carbocycles. The monoisotopic (exact) mass is 243 g/mol. The van der Waals surface area contributed by atoms with Gasteiger partial charge in [-0.15, -0.1) is 0 Å². The molecule has 1 aliphatic rings. The molecule has 0 radical (unpaired) electrons. The first-order valence-electron chi connectivity index (χ1n) is 5.95. The van der Waals surface area contributed by atoms with E-state index in [-0.39, 0.29) is 18.0 Å². The lowest BCUT2D eigenvalue weighted by Crippen LogP contribution is -2.54. The van der Waals surface area contributed by atoms with Gasteiger partial charge in [0.25, 0.3) is 0 Å². The summed E-state index contributed by atoms with van der Waals surface area (Å²) in [6.45, 7) is 4.67. The summed E-state index contributed by atoms with van der Waals surface area (Å²) in [6.07, 6.45) is 1.78. The number of carbonyl (C=O) groups is 2. The van der Waals surface area contributed by atoms with Gasteiger partial charge in [0.15, 0.2) is 0 Å². The van der Waals surface area contributed by atoms with Crippen molar-refractivity contribution in [3.63, 3.8) is 0 Å². The SMILES string of the molecule is CC(C)[C@@H](NC(=O)N1CCCC(N)C1)C(=O)O. The highest BCUT2D eigenvalue weighted by Crippen LogP contribution is 2.09. The van der Waals surface area contributed by atoms with E-state index in [2.05, 4.69) is 5.32 Å². The predicted molar refractivity (Wildman–Crippen MR) is 63.6 cm³/mol. The van der Waals surface area contributed by atoms with Gasteiger partial charge in [0, 0.05) is 19.1 Å². The molecule has 2 atom stereocenters. The number of carboxylic acid groups (broad SMARTS) is 1. The lowest BCUT2D eigenvalue weighted by Gasteiger charge is -2.32. The Kier molecular flexibility index (Phi) is 4.74. The molecule has 0 aliphatic carbocycles. The number of carbonyl (C=O) groups excluding carboxylic acids is 1. The van der Waals surface area contributed by atoms with Gasteiger partial charge in [0.1, 0.15) is 6.04 Å². The van der Waals surface area contributed by atoms with Crippen molar-refractivity contribution >= 4 is 12.0 Å². The number of urea groups is 1. The van der Waals surface area contributed by atoms with Crippen LogP contribution in [0.5, 0.6) is 0 Å². The highest BCUT2D eigenvalue weighted by Gasteiger charge is 2.27. The first kappa shape index (κ1) is 13.8. The molecule has 1 saturated heterocycles. The molecule has 4 N–H and O–H groups in total. The van der Waals surface area contributed by atoms with E-state index in [9.17, 15) is 9.59 Å². The van der Waals surface area contributed by atoms with Gasteiger partial charge in [-0.05, 0) is 18.8 Å². The van der Waals surface area contributed by atoms with Crippen LogP contribution in [-0.4, -0.2) is 47.2 Å². The van der Waals surface area contributed by atoms with Crippen LogP contribution in [0.4, 0.5) is 4.79 Å². The van der Waals surface area contributed by atoms with Crippen LogP contribution < -0.4 is 11.1 Å². The number of carboxylic acids is 1. The van der Waals surface area contributed by atoms with E-state index in [0.29, 0.717) is 13.1 Å². The van der Waals surface area contributed by atoms with Gasteiger partial charge < -0.3 is 21.1 Å². The molecule has 0 spiro atoms. The zero-order valence-electron chi connectivity index (χ0n) is 10.3. The van der Waals surface area contributed by atoms with E-state index in [1.165, 1.54) is 0 Å². The summed E-state index contributed by atoms with van der Waals surface area (Å²) in [5.41, 5.74) is 5.78. The normalized spacial score (nSPS) is 22.4. The molecule has 2 amide bonds. The molecular weight excluding hydrogens is 222 g/mol. The quantitative estimate of drug-likeness (QED) is 0.661. The maximum atomic E-state index is 11.9. The van der Waals surface area contributed by atoms with Crippen LogP contribution in [0.1, 0.15) is 26.7 Å². The summed E-state index contributed by atoms with van der Waals surface area (Å²) in [5, 5.41) is 11.5. The average molecular weight is 243 g/mol. The van der Waals surface area contributed by atoms with Crippen LogP contribution in [-0.2, 0) is 4.79 Å². The van der Waals surface area contributed by atoms with Crippen LogP contribution >= 0.6 is 0 Å². The van der Waals surface area contributed by atoms with Crippen molar-refractivity contribution in [3.05, 3.63) is 0 Å². The molecule has 0 bridgehead atoms. The fourth-order valence-electron chi connectivity index (χ4n) is 1.93. The predicted octanol–water partition coefficient (Wildman–Crippen LogP) is 0.228. The molecule has 0 aromatic heterocycles. The molecule has 1 unspecified atom stereocenters. The highest BCUT2D eigenvalue weighted by atomic mass is 16.4. The smallest absolute Gasteiger partial charge is 0.326 e. The van der Waals surface area contributed by atoms with Gasteiger partial charge >= 0.3 is 12.0 Å². The number of hydrogen-bond acceptors (Lipinski definition) is 3. The Morgan fingerprint density at radius 1 is 1.47 bits per heavy atom. The Morgan fingerprint density at radius 3 is 2.59 bits per heavy atom. The van der Waals surface area contributed by atoms with Gasteiger partial charge in [-0.1, -0.05) is 13.8 Å². The number of rotatable bonds is 3. The third-order valence-corrected chi connectivity index (χ3v) is 2.96. The first-order chi connectivity index (χ1) is 7.91. The third-order valence-electron chi connectivity index (χ3n) is 2.96. The summed E-state index contributed by atoms with van der Waals surface area (Å²) in [6, 6.07) is -1.18. The second-order valence-electron chi connectivity index (χ2n) is 4.86. The summed E-state index contributed by atoms with van der Waals surface area (Å²) in [7, 11) is 0. The maximum absolute atomic E-state index is 11.9. The van der Waals surface area contributed by atoms with Crippen LogP contribution in [0.3, 0.4) is 0 Å². The molecule has 0 aromatic carbocycles. The maximum Gasteiger partial charge on any atom is 0.326 e. The fourth-order valence-corrected chi connectivity index (χ4v) is 1.93. The zero-order chi connectivity index (χ0) is 13.0. The Balaban J connectivity index is 2.54. The molecule has 1 aliphatic heterocycles. The third kappa shape index (κ3) is 3.89. The minimum atomic E-state index is -1.00. The molecular formula is C11H21N3O3. The second-order valence-corrected chi connectivity index (χ2v) is 4.86. The number of likely N-dealkylation sites (tertiary alicyclic amines) is 1. The number of nitrogens with one attached hydrogen (secondary N) is 1. The molecule has 1 heterocycles. The molecule has 0 aromatic rings. The Bertz CT molecular complexity index is 294. The number of amides is 2. The zero-order valence-corrected chi connectivity index (χ0v) is 10.3. The lowest BCUT2D eigenvalue weighted by atomic mass is 10.0. The first-order valence-corrected chi connectivity index (χ1v) is 5.95. The van der Waals surface area contributed by atoms with Crippen molar-refractivity contribution in [1.29, 1.82) is 0 Å². The van der Waals surface area contributed by atoms with Crippen LogP contribution in [0, 0.1) is 5.92 Å². The van der Waals surface area contributed by atoms with Gasteiger partial charge in [0.05, 0.1) is 0 Å². The van der Waals surface area contributed by atoms with Crippen molar-refractivity contribution in [1.82, 2.24) is 10.2 Å². The van der Waals surface area contributed by atoms with E-state index in [4.69, 9.17) is 10.8 Å². The number of piperidine rings is 1. The van der Waals surface area contributed by atoms with E-state index in [1.54, 1.807) is 18.7 Å². The summed E-state index contributed by atoms with van der Waals surface area (Å²) in [4.78, 5) is 24.4. The standard InChI is InChI=1S/C11H21N3O3/c1-7(2)9(10(15)16)13-11(17)14-5-3-4-8(12)6-14/h7-9H,3-6,12H2,1-2H3,(H,13,17)(H,15,16)/t8?,9-/m1/s1. The van der Waals surface area contributed by atoms with E-state index in [0.717, 1.165) is 12.8 Å². The summed E-state index contributed by atoms with van der Waals surface area (Å²) < 4.78 is 0. The van der Waals surface area contributed by atoms with Crippen molar-refractivity contribution in [2.24, 2.45) is 11.7 Å². The Labute approximate surface area is 101 Å². The van der Waals surface area contributed by atoms with E-state index < -0.39 is 12.0 Å². The molecule has 17 heavy (non-hydrogen) atoms. The largest absolute Gasteiger partial charge is 0.480 e. The highest BCUT2D eigenvalue weighted by molar-refractivity contribution is 5.82. The number of nitrogens with two attached hydrogens (primary N) is 1. The molecule has 6 nitrogen and oxygen atoms in total. The molecule has 98 valence electrons. The Hall–Kier alpha value is -1.30. The number of hydrogen-bond donors (Lipinski definition) is 3. The van der Waals surface area contributed by atoms with Gasteiger partial charge in [-0.25, -0.2) is 9.59 Å². The van der Waals surface area contributed by atoms with Crippen LogP contribution in [0.2, 0.25) is 0 Å². The van der Waals surface area contributed by atoms with Crippen molar-refractivity contribution in [3.8, 4) is 0 Å². The number of aliphatic carboxylic acids is 1. The van der Waals surface area contributed by atoms with E-state index in [1.807, 2.05) is 0 Å². The van der Waals surface area contributed by atoms with Crippen LogP contribution in [0.15, 0.2) is 0 Å². The van der Waals surface area contributed by atoms with Crippen LogP contribution in [0.25, 0.3) is 0 Å². The Morgan fingerprint density at radius 2 is 2.12 bits per heavy atom. The minimum absolute atomic E-state index is 0.00294. The lowest BCUT2D eigenvalue weighted by molar-refractivity contribution is -0.140. The summed E-state index contributed by atoms with van der Waals surface area (Å²) >= 11 is 0. The van der Waals surface area contributed by atoms with Crippen molar-refractivity contribution in [2.75, 3.05) is 13.1 Å². The minimum Gasteiger partial charge on any atom is -0.480 e. The van der Waals surface area contributed by atoms with Gasteiger partial charge in [-0.3, -0.25) is 0 Å². The second kappa shape index (κ2) is 5.86. The van der Waals surface area contributed by atoms with Crippen molar-refractivity contribution in [2.45, 2.75) is 38.8 Å². The average Bonchev–Trinajstić information content (AvgIpc) is 2.24. The van der Waals surface area contributed by atoms with Gasteiger partial charge in [-0.2, -0.15) is 0 Å². The molecule has 1 fully saturated rings. The topological polar surface area (TPSA) is 95.7 Å². The van der Waals surface area contributed by atoms with Gasteiger partial charge in [0.2, 0.25) is 0 Å². The number of nitrogens with zero attached hydrogens (tertiary/aromatic N) is 1. The molecule has 6 heteroatoms. The van der Waals surface area contributed by atoms with E-state index >= 15 is 0 Å². The molecule has 1 rings (SSSR count).